The van der Waals surface area contributed by atoms with E-state index in [2.05, 4.69) is 65.5 Å². The maximum absolute atomic E-state index is 4.69. The topological polar surface area (TPSA) is 29.9 Å². The zero-order chi connectivity index (χ0) is 14.4. The van der Waals surface area contributed by atoms with E-state index in [0.29, 0.717) is 0 Å². The molecule has 1 aliphatic heterocycles. The van der Waals surface area contributed by atoms with Gasteiger partial charge in [-0.05, 0) is 37.6 Å². The van der Waals surface area contributed by atoms with E-state index < -0.39 is 0 Å². The van der Waals surface area contributed by atoms with Crippen molar-refractivity contribution in [3.05, 3.63) is 71.4 Å². The van der Waals surface area contributed by atoms with Crippen molar-refractivity contribution in [2.75, 3.05) is 5.32 Å². The van der Waals surface area contributed by atoms with Gasteiger partial charge < -0.3 is 5.32 Å². The van der Waals surface area contributed by atoms with E-state index in [1.165, 1.54) is 28.1 Å². The van der Waals surface area contributed by atoms with Crippen molar-refractivity contribution in [1.82, 2.24) is 9.78 Å². The van der Waals surface area contributed by atoms with Gasteiger partial charge in [-0.25, -0.2) is 4.68 Å². The number of benzene rings is 2. The molecule has 3 heteroatoms. The van der Waals surface area contributed by atoms with Gasteiger partial charge in [-0.15, -0.1) is 0 Å². The first-order chi connectivity index (χ1) is 10.2. The zero-order valence-electron chi connectivity index (χ0n) is 12.2. The molecule has 3 aromatic rings. The lowest BCUT2D eigenvalue weighted by atomic mass is 10.0. The largest absolute Gasteiger partial charge is 0.359 e. The molecular weight excluding hydrogens is 258 g/mol. The first kappa shape index (κ1) is 12.2. The van der Waals surface area contributed by atoms with Crippen LogP contribution >= 0.6 is 0 Å². The highest BCUT2D eigenvalue weighted by molar-refractivity contribution is 5.79. The number of rotatable bonds is 1. The van der Waals surface area contributed by atoms with E-state index in [4.69, 9.17) is 5.10 Å². The fourth-order valence-corrected chi connectivity index (χ4v) is 2.98. The summed E-state index contributed by atoms with van der Waals surface area (Å²) < 4.78 is 2.09. The molecule has 2 aromatic carbocycles. The highest BCUT2D eigenvalue weighted by Crippen LogP contribution is 2.38. The molecule has 0 amide bonds. The predicted molar refractivity (Wildman–Crippen MR) is 85.3 cm³/mol. The van der Waals surface area contributed by atoms with Gasteiger partial charge in [0.25, 0.3) is 0 Å². The maximum atomic E-state index is 4.69. The van der Waals surface area contributed by atoms with E-state index in [1.54, 1.807) is 0 Å². The van der Waals surface area contributed by atoms with Crippen LogP contribution in [0.4, 0.5) is 5.69 Å². The number of hydrogen-bond acceptors (Lipinski definition) is 2. The molecule has 0 saturated carbocycles. The maximum Gasteiger partial charge on any atom is 0.147 e. The first-order valence-corrected chi connectivity index (χ1v) is 7.21. The molecule has 4 rings (SSSR count). The smallest absolute Gasteiger partial charge is 0.147 e. The van der Waals surface area contributed by atoms with Crippen LogP contribution < -0.4 is 5.32 Å². The Labute approximate surface area is 124 Å². The molecule has 0 aliphatic carbocycles. The molecule has 2 heterocycles. The number of hydrogen-bond donors (Lipinski definition) is 1. The Morgan fingerprint density at radius 2 is 1.81 bits per heavy atom. The molecule has 0 bridgehead atoms. The highest BCUT2D eigenvalue weighted by Gasteiger charge is 2.26. The second kappa shape index (κ2) is 4.48. The molecule has 0 radical (unpaired) electrons. The van der Waals surface area contributed by atoms with E-state index >= 15 is 0 Å². The molecule has 1 atom stereocenters. The molecule has 3 nitrogen and oxygen atoms in total. The minimum Gasteiger partial charge on any atom is -0.359 e. The number of aryl methyl sites for hydroxylation is 2. The average molecular weight is 275 g/mol. The SMILES string of the molecule is Cc1ccc2c(c1)-c1cc(C)nn1[C@H](c1ccccc1)N2. The minimum absolute atomic E-state index is 0.0464. The van der Waals surface area contributed by atoms with Gasteiger partial charge in [0.1, 0.15) is 6.17 Å². The Morgan fingerprint density at radius 3 is 2.62 bits per heavy atom. The molecule has 0 spiro atoms. The van der Waals surface area contributed by atoms with Gasteiger partial charge in [0.15, 0.2) is 0 Å². The molecule has 1 aliphatic rings. The molecule has 1 N–H and O–H groups in total. The van der Waals surface area contributed by atoms with Crippen LogP contribution in [0.3, 0.4) is 0 Å². The third-order valence-electron chi connectivity index (χ3n) is 3.96. The Bertz CT molecular complexity index is 803. The van der Waals surface area contributed by atoms with E-state index in [9.17, 15) is 0 Å². The molecule has 21 heavy (non-hydrogen) atoms. The standard InChI is InChI=1S/C18H17N3/c1-12-8-9-16-15(10-12)17-11-13(2)20-21(17)18(19-16)14-6-4-3-5-7-14/h3-11,18-19H,1-2H3/t18-/m1/s1. The van der Waals surface area contributed by atoms with E-state index in [1.807, 2.05) is 13.0 Å². The van der Waals surface area contributed by atoms with Crippen molar-refractivity contribution < 1.29 is 0 Å². The van der Waals surface area contributed by atoms with Gasteiger partial charge in [0, 0.05) is 11.3 Å². The van der Waals surface area contributed by atoms with Crippen LogP contribution in [0.5, 0.6) is 0 Å². The molecule has 0 fully saturated rings. The number of nitrogens with zero attached hydrogens (tertiary/aromatic N) is 2. The first-order valence-electron chi connectivity index (χ1n) is 7.21. The summed E-state index contributed by atoms with van der Waals surface area (Å²) in [5, 5.41) is 8.30. The van der Waals surface area contributed by atoms with Crippen LogP contribution in [0, 0.1) is 13.8 Å². The third kappa shape index (κ3) is 1.93. The molecule has 1 aromatic heterocycles. The van der Waals surface area contributed by atoms with Crippen LogP contribution in [0.15, 0.2) is 54.6 Å². The van der Waals surface area contributed by atoms with Gasteiger partial charge in [-0.1, -0.05) is 42.0 Å². The van der Waals surface area contributed by atoms with Gasteiger partial charge in [0.2, 0.25) is 0 Å². The predicted octanol–water partition coefficient (Wildman–Crippen LogP) is 4.14. The summed E-state index contributed by atoms with van der Waals surface area (Å²) in [7, 11) is 0. The Morgan fingerprint density at radius 1 is 1.00 bits per heavy atom. The fourth-order valence-electron chi connectivity index (χ4n) is 2.98. The van der Waals surface area contributed by atoms with Crippen LogP contribution in [-0.2, 0) is 0 Å². The van der Waals surface area contributed by atoms with Gasteiger partial charge in [-0.2, -0.15) is 5.10 Å². The number of aromatic nitrogens is 2. The lowest BCUT2D eigenvalue weighted by Gasteiger charge is -2.29. The van der Waals surface area contributed by atoms with Crippen molar-refractivity contribution in [2.45, 2.75) is 20.0 Å². The Kier molecular flexibility index (Phi) is 2.61. The van der Waals surface area contributed by atoms with Crippen LogP contribution in [0.1, 0.15) is 23.0 Å². The summed E-state index contributed by atoms with van der Waals surface area (Å²) in [6, 6.07) is 19.1. The zero-order valence-corrected chi connectivity index (χ0v) is 12.2. The Hall–Kier alpha value is -2.55. The lowest BCUT2D eigenvalue weighted by molar-refractivity contribution is 0.571. The number of fused-ring (bicyclic) bond motifs is 3. The molecule has 104 valence electrons. The van der Waals surface area contributed by atoms with Crippen molar-refractivity contribution in [1.29, 1.82) is 0 Å². The summed E-state index contributed by atoms with van der Waals surface area (Å²) in [5.41, 5.74) is 7.10. The quantitative estimate of drug-likeness (QED) is 0.723. The summed E-state index contributed by atoms with van der Waals surface area (Å²) in [5.74, 6) is 0. The van der Waals surface area contributed by atoms with E-state index in [-0.39, 0.29) is 6.17 Å². The third-order valence-corrected chi connectivity index (χ3v) is 3.96. The van der Waals surface area contributed by atoms with Gasteiger partial charge in [-0.3, -0.25) is 0 Å². The fraction of sp³-hybridized carbons (Fsp3) is 0.167. The highest BCUT2D eigenvalue weighted by atomic mass is 15.4. The number of nitrogens with one attached hydrogen (secondary N) is 1. The van der Waals surface area contributed by atoms with Crippen molar-refractivity contribution >= 4 is 5.69 Å². The van der Waals surface area contributed by atoms with Crippen LogP contribution in [0.25, 0.3) is 11.3 Å². The summed E-state index contributed by atoms with van der Waals surface area (Å²) in [4.78, 5) is 0. The number of anilines is 1. The monoisotopic (exact) mass is 275 g/mol. The minimum atomic E-state index is 0.0464. The van der Waals surface area contributed by atoms with Crippen LogP contribution in [-0.4, -0.2) is 9.78 Å². The molecular formula is C18H17N3. The van der Waals surface area contributed by atoms with Gasteiger partial charge in [0.05, 0.1) is 11.4 Å². The summed E-state index contributed by atoms with van der Waals surface area (Å²) in [6.07, 6.45) is 0.0464. The summed E-state index contributed by atoms with van der Waals surface area (Å²) >= 11 is 0. The molecule has 0 unspecified atom stereocenters. The van der Waals surface area contributed by atoms with Crippen LogP contribution in [0.2, 0.25) is 0 Å². The lowest BCUT2D eigenvalue weighted by Crippen LogP contribution is -2.25. The Balaban J connectivity index is 1.93. The van der Waals surface area contributed by atoms with Crippen molar-refractivity contribution in [3.63, 3.8) is 0 Å². The second-order valence-electron chi connectivity index (χ2n) is 5.62. The van der Waals surface area contributed by atoms with Gasteiger partial charge >= 0.3 is 0 Å². The average Bonchev–Trinajstić information content (AvgIpc) is 2.89. The van der Waals surface area contributed by atoms with E-state index in [0.717, 1.165) is 5.69 Å². The van der Waals surface area contributed by atoms with Crippen molar-refractivity contribution in [3.8, 4) is 11.3 Å². The normalized spacial score (nSPS) is 16.0. The molecule has 0 saturated heterocycles. The van der Waals surface area contributed by atoms with Crippen molar-refractivity contribution in [2.24, 2.45) is 0 Å². The second-order valence-corrected chi connectivity index (χ2v) is 5.62. The summed E-state index contributed by atoms with van der Waals surface area (Å²) in [6.45, 7) is 4.17.